The van der Waals surface area contributed by atoms with Crippen molar-refractivity contribution in [2.24, 2.45) is 11.7 Å². The Hall–Kier alpha value is -0.860. The first-order valence-corrected chi connectivity index (χ1v) is 4.53. The molecule has 1 rings (SSSR count). The number of carbonyl (C=O) groups is 1. The Bertz CT molecular complexity index is 312. The molecule has 1 aromatic carbocycles. The number of benzene rings is 1. The van der Waals surface area contributed by atoms with Gasteiger partial charge in [-0.1, -0.05) is 30.7 Å². The molecular formula is C10H12ClNO. The van der Waals surface area contributed by atoms with E-state index in [0.29, 0.717) is 17.1 Å². The first kappa shape index (κ1) is 10.2. The molecule has 2 nitrogen and oxygen atoms in total. The molecular weight excluding hydrogens is 186 g/mol. The highest BCUT2D eigenvalue weighted by atomic mass is 35.5. The van der Waals surface area contributed by atoms with Crippen LogP contribution >= 0.6 is 11.6 Å². The Labute approximate surface area is 82.7 Å². The fourth-order valence-electron chi connectivity index (χ4n) is 1.03. The summed E-state index contributed by atoms with van der Waals surface area (Å²) in [6.07, 6.45) is 0. The molecule has 13 heavy (non-hydrogen) atoms. The summed E-state index contributed by atoms with van der Waals surface area (Å²) in [5.41, 5.74) is 5.95. The van der Waals surface area contributed by atoms with Gasteiger partial charge in [-0.05, 0) is 12.1 Å². The van der Waals surface area contributed by atoms with E-state index in [4.69, 9.17) is 17.3 Å². The van der Waals surface area contributed by atoms with Gasteiger partial charge < -0.3 is 5.73 Å². The molecule has 2 N–H and O–H groups in total. The molecule has 0 heterocycles. The minimum absolute atomic E-state index is 0.00750. The highest BCUT2D eigenvalue weighted by molar-refractivity contribution is 6.34. The fraction of sp³-hybridized carbons (Fsp3) is 0.300. The maximum absolute atomic E-state index is 11.6. The molecule has 0 spiro atoms. The number of ketones is 1. The van der Waals surface area contributed by atoms with Crippen LogP contribution in [0.4, 0.5) is 0 Å². The van der Waals surface area contributed by atoms with Crippen molar-refractivity contribution in [3.8, 4) is 0 Å². The molecule has 0 aromatic heterocycles. The summed E-state index contributed by atoms with van der Waals surface area (Å²) in [4.78, 5) is 11.6. The highest BCUT2D eigenvalue weighted by Gasteiger charge is 2.15. The lowest BCUT2D eigenvalue weighted by Crippen LogP contribution is -2.20. The summed E-state index contributed by atoms with van der Waals surface area (Å²) in [7, 11) is 0. The zero-order chi connectivity index (χ0) is 9.84. The topological polar surface area (TPSA) is 43.1 Å². The van der Waals surface area contributed by atoms with Gasteiger partial charge in [-0.25, -0.2) is 0 Å². The zero-order valence-electron chi connectivity index (χ0n) is 7.46. The van der Waals surface area contributed by atoms with Gasteiger partial charge in [0.1, 0.15) is 0 Å². The largest absolute Gasteiger partial charge is 0.330 e. The first-order chi connectivity index (χ1) is 6.16. The summed E-state index contributed by atoms with van der Waals surface area (Å²) >= 11 is 5.86. The van der Waals surface area contributed by atoms with E-state index >= 15 is 0 Å². The summed E-state index contributed by atoms with van der Waals surface area (Å²) in [5, 5.41) is 0.493. The van der Waals surface area contributed by atoms with E-state index in [2.05, 4.69) is 0 Å². The van der Waals surface area contributed by atoms with Crippen molar-refractivity contribution in [1.29, 1.82) is 0 Å². The average molecular weight is 198 g/mol. The Morgan fingerprint density at radius 1 is 1.54 bits per heavy atom. The number of hydrogen-bond donors (Lipinski definition) is 1. The lowest BCUT2D eigenvalue weighted by molar-refractivity contribution is 0.0934. The van der Waals surface area contributed by atoms with Crippen molar-refractivity contribution in [3.63, 3.8) is 0 Å². The molecule has 0 aliphatic heterocycles. The van der Waals surface area contributed by atoms with E-state index < -0.39 is 0 Å². The van der Waals surface area contributed by atoms with Crippen LogP contribution in [-0.4, -0.2) is 12.3 Å². The van der Waals surface area contributed by atoms with Crippen LogP contribution in [0.25, 0.3) is 0 Å². The summed E-state index contributed by atoms with van der Waals surface area (Å²) in [6.45, 7) is 2.15. The Kier molecular flexibility index (Phi) is 3.46. The van der Waals surface area contributed by atoms with E-state index in [9.17, 15) is 4.79 Å². The number of rotatable bonds is 3. The third kappa shape index (κ3) is 2.29. The standard InChI is InChI=1S/C10H12ClNO/c1-7(6-12)10(13)8-4-2-3-5-9(8)11/h2-5,7H,6,12H2,1H3. The quantitative estimate of drug-likeness (QED) is 0.755. The van der Waals surface area contributed by atoms with Gasteiger partial charge in [-0.15, -0.1) is 0 Å². The van der Waals surface area contributed by atoms with Crippen LogP contribution in [0.2, 0.25) is 5.02 Å². The van der Waals surface area contributed by atoms with Gasteiger partial charge >= 0.3 is 0 Å². The molecule has 0 radical (unpaired) electrons. The van der Waals surface area contributed by atoms with E-state index in [1.54, 1.807) is 31.2 Å². The molecule has 0 saturated carbocycles. The van der Waals surface area contributed by atoms with Gasteiger partial charge in [0, 0.05) is 18.0 Å². The third-order valence-electron chi connectivity index (χ3n) is 1.94. The third-order valence-corrected chi connectivity index (χ3v) is 2.27. The van der Waals surface area contributed by atoms with Crippen LogP contribution < -0.4 is 5.73 Å². The van der Waals surface area contributed by atoms with Crippen molar-refractivity contribution in [2.75, 3.05) is 6.54 Å². The maximum atomic E-state index is 11.6. The van der Waals surface area contributed by atoms with Gasteiger partial charge in [0.05, 0.1) is 5.02 Å². The molecule has 0 amide bonds. The molecule has 3 heteroatoms. The monoisotopic (exact) mass is 197 g/mol. The summed E-state index contributed by atoms with van der Waals surface area (Å²) < 4.78 is 0. The van der Waals surface area contributed by atoms with E-state index in [0.717, 1.165) is 0 Å². The predicted molar refractivity (Wildman–Crippen MR) is 54.0 cm³/mol. The highest BCUT2D eigenvalue weighted by Crippen LogP contribution is 2.18. The van der Waals surface area contributed by atoms with Crippen molar-refractivity contribution >= 4 is 17.4 Å². The van der Waals surface area contributed by atoms with Crippen molar-refractivity contribution < 1.29 is 4.79 Å². The smallest absolute Gasteiger partial charge is 0.168 e. The van der Waals surface area contributed by atoms with Crippen molar-refractivity contribution in [1.82, 2.24) is 0 Å². The number of halogens is 1. The minimum atomic E-state index is -0.167. The van der Waals surface area contributed by atoms with Crippen molar-refractivity contribution in [3.05, 3.63) is 34.9 Å². The van der Waals surface area contributed by atoms with E-state index in [1.807, 2.05) is 0 Å². The van der Waals surface area contributed by atoms with Gasteiger partial charge in [0.2, 0.25) is 0 Å². The number of carbonyl (C=O) groups excluding carboxylic acids is 1. The Morgan fingerprint density at radius 2 is 2.15 bits per heavy atom. The molecule has 0 bridgehead atoms. The second-order valence-electron chi connectivity index (χ2n) is 2.98. The van der Waals surface area contributed by atoms with Crippen LogP contribution in [-0.2, 0) is 0 Å². The first-order valence-electron chi connectivity index (χ1n) is 4.15. The lowest BCUT2D eigenvalue weighted by atomic mass is 10.00. The molecule has 0 aliphatic rings. The molecule has 1 atom stereocenters. The van der Waals surface area contributed by atoms with Crippen LogP contribution in [0.1, 0.15) is 17.3 Å². The normalized spacial score (nSPS) is 12.5. The fourth-order valence-corrected chi connectivity index (χ4v) is 1.26. The number of hydrogen-bond acceptors (Lipinski definition) is 2. The summed E-state index contributed by atoms with van der Waals surface area (Å²) in [5.74, 6) is -0.159. The molecule has 70 valence electrons. The van der Waals surface area contributed by atoms with Crippen LogP contribution in [0.15, 0.2) is 24.3 Å². The Balaban J connectivity index is 2.95. The molecule has 1 unspecified atom stereocenters. The van der Waals surface area contributed by atoms with Gasteiger partial charge in [-0.2, -0.15) is 0 Å². The van der Waals surface area contributed by atoms with Crippen LogP contribution in [0, 0.1) is 5.92 Å². The average Bonchev–Trinajstić information content (AvgIpc) is 2.16. The van der Waals surface area contributed by atoms with Crippen LogP contribution in [0.5, 0.6) is 0 Å². The predicted octanol–water partition coefficient (Wildman–Crippen LogP) is 2.12. The van der Waals surface area contributed by atoms with E-state index in [1.165, 1.54) is 0 Å². The van der Waals surface area contributed by atoms with Gasteiger partial charge in [-0.3, -0.25) is 4.79 Å². The lowest BCUT2D eigenvalue weighted by Gasteiger charge is -2.08. The molecule has 0 saturated heterocycles. The molecule has 1 aromatic rings. The Morgan fingerprint density at radius 3 is 2.69 bits per heavy atom. The molecule has 0 aliphatic carbocycles. The second-order valence-corrected chi connectivity index (χ2v) is 3.39. The van der Waals surface area contributed by atoms with E-state index in [-0.39, 0.29) is 11.7 Å². The SMILES string of the molecule is CC(CN)C(=O)c1ccccc1Cl. The van der Waals surface area contributed by atoms with Gasteiger partial charge in [0.25, 0.3) is 0 Å². The zero-order valence-corrected chi connectivity index (χ0v) is 8.21. The minimum Gasteiger partial charge on any atom is -0.330 e. The second kappa shape index (κ2) is 4.40. The van der Waals surface area contributed by atoms with Crippen molar-refractivity contribution in [2.45, 2.75) is 6.92 Å². The summed E-state index contributed by atoms with van der Waals surface area (Å²) in [6, 6.07) is 7.02. The number of nitrogens with two attached hydrogens (primary N) is 1. The molecule has 0 fully saturated rings. The van der Waals surface area contributed by atoms with Gasteiger partial charge in [0.15, 0.2) is 5.78 Å². The van der Waals surface area contributed by atoms with Crippen LogP contribution in [0.3, 0.4) is 0 Å². The maximum Gasteiger partial charge on any atom is 0.168 e. The number of Topliss-reactive ketones (excluding diaryl/α,β-unsaturated/α-hetero) is 1.